The first-order chi connectivity index (χ1) is 5.09. The molecule has 1 heterocycles. The van der Waals surface area contributed by atoms with Crippen LogP contribution in [0.25, 0.3) is 0 Å². The lowest BCUT2D eigenvalue weighted by Gasteiger charge is -2.05. The van der Waals surface area contributed by atoms with Crippen LogP contribution in [0.2, 0.25) is 0 Å². The third-order valence-corrected chi connectivity index (χ3v) is 3.06. The molecular formula is C8H13NOS. The van der Waals surface area contributed by atoms with E-state index in [4.69, 9.17) is 0 Å². The highest BCUT2D eigenvalue weighted by Crippen LogP contribution is 2.33. The van der Waals surface area contributed by atoms with E-state index in [-0.39, 0.29) is 5.91 Å². The van der Waals surface area contributed by atoms with Crippen molar-refractivity contribution in [2.45, 2.75) is 26.0 Å². The van der Waals surface area contributed by atoms with Crippen molar-refractivity contribution in [3.05, 3.63) is 11.1 Å². The van der Waals surface area contributed by atoms with E-state index in [0.29, 0.717) is 11.2 Å². The van der Waals surface area contributed by atoms with Crippen LogP contribution in [0.5, 0.6) is 0 Å². The first-order valence-corrected chi connectivity index (χ1v) is 4.63. The number of amides is 1. The molecule has 0 aromatic heterocycles. The zero-order valence-electron chi connectivity index (χ0n) is 7.05. The summed E-state index contributed by atoms with van der Waals surface area (Å²) in [7, 11) is 0. The predicted molar refractivity (Wildman–Crippen MR) is 48.1 cm³/mol. The molecule has 2 unspecified atom stereocenters. The lowest BCUT2D eigenvalue weighted by Crippen LogP contribution is -2.16. The van der Waals surface area contributed by atoms with Gasteiger partial charge in [-0.1, -0.05) is 19.9 Å². The summed E-state index contributed by atoms with van der Waals surface area (Å²) in [5.74, 6) is 0.590. The van der Waals surface area contributed by atoms with Gasteiger partial charge in [0.25, 0.3) is 0 Å². The van der Waals surface area contributed by atoms with Crippen LogP contribution in [0.3, 0.4) is 0 Å². The quantitative estimate of drug-likeness (QED) is 0.651. The van der Waals surface area contributed by atoms with E-state index in [1.54, 1.807) is 11.8 Å². The van der Waals surface area contributed by atoms with E-state index in [2.05, 4.69) is 25.2 Å². The van der Waals surface area contributed by atoms with Gasteiger partial charge in [0.1, 0.15) is 0 Å². The molecule has 11 heavy (non-hydrogen) atoms. The molecule has 0 aromatic rings. The summed E-state index contributed by atoms with van der Waals surface area (Å²) in [5, 5.41) is 4.39. The van der Waals surface area contributed by atoms with Gasteiger partial charge in [-0.05, 0) is 5.92 Å². The van der Waals surface area contributed by atoms with E-state index in [1.165, 1.54) is 6.92 Å². The molecule has 0 saturated carbocycles. The topological polar surface area (TPSA) is 29.1 Å². The minimum absolute atomic E-state index is 0.0186. The van der Waals surface area contributed by atoms with Crippen molar-refractivity contribution in [1.82, 2.24) is 5.32 Å². The van der Waals surface area contributed by atoms with Crippen molar-refractivity contribution in [2.24, 2.45) is 5.92 Å². The van der Waals surface area contributed by atoms with Crippen molar-refractivity contribution in [3.8, 4) is 0 Å². The molecule has 0 aromatic carbocycles. The third-order valence-electron chi connectivity index (χ3n) is 1.77. The number of hydrogen-bond acceptors (Lipinski definition) is 2. The zero-order valence-corrected chi connectivity index (χ0v) is 7.87. The molecule has 2 atom stereocenters. The van der Waals surface area contributed by atoms with Crippen LogP contribution < -0.4 is 5.32 Å². The SMILES string of the molecule is CC(=O)NC1=CC(C)C(C)S1. The first kappa shape index (κ1) is 8.65. The van der Waals surface area contributed by atoms with Gasteiger partial charge in [0, 0.05) is 12.2 Å². The molecule has 1 rings (SSSR count). The third kappa shape index (κ3) is 2.26. The Morgan fingerprint density at radius 2 is 2.27 bits per heavy atom. The molecule has 62 valence electrons. The number of hydrogen-bond donors (Lipinski definition) is 1. The summed E-state index contributed by atoms with van der Waals surface area (Å²) in [4.78, 5) is 10.6. The fourth-order valence-corrected chi connectivity index (χ4v) is 2.16. The molecule has 1 aliphatic rings. The molecule has 0 bridgehead atoms. The standard InChI is InChI=1S/C8H13NOS/c1-5-4-8(9-7(3)10)11-6(5)2/h4-6H,1-3H3,(H,9,10). The fraction of sp³-hybridized carbons (Fsp3) is 0.625. The number of nitrogens with one attached hydrogen (secondary N) is 1. The highest BCUT2D eigenvalue weighted by Gasteiger charge is 2.20. The average Bonchev–Trinajstić information content (AvgIpc) is 2.10. The second-order valence-corrected chi connectivity index (χ2v) is 4.31. The van der Waals surface area contributed by atoms with Crippen molar-refractivity contribution in [3.63, 3.8) is 0 Å². The van der Waals surface area contributed by atoms with Crippen LogP contribution in [-0.4, -0.2) is 11.2 Å². The summed E-state index contributed by atoms with van der Waals surface area (Å²) in [6.07, 6.45) is 2.11. The maximum atomic E-state index is 10.6. The van der Waals surface area contributed by atoms with Crippen molar-refractivity contribution in [2.75, 3.05) is 0 Å². The van der Waals surface area contributed by atoms with Crippen LogP contribution >= 0.6 is 11.8 Å². The van der Waals surface area contributed by atoms with Crippen LogP contribution in [0.1, 0.15) is 20.8 Å². The number of allylic oxidation sites excluding steroid dienone is 1. The average molecular weight is 171 g/mol. The zero-order chi connectivity index (χ0) is 8.43. The molecular weight excluding hydrogens is 158 g/mol. The molecule has 3 heteroatoms. The van der Waals surface area contributed by atoms with E-state index in [1.807, 2.05) is 0 Å². The molecule has 2 nitrogen and oxygen atoms in total. The van der Waals surface area contributed by atoms with Gasteiger partial charge in [0.2, 0.25) is 5.91 Å². The van der Waals surface area contributed by atoms with Gasteiger partial charge in [0.15, 0.2) is 0 Å². The van der Waals surface area contributed by atoms with Crippen LogP contribution in [-0.2, 0) is 4.79 Å². The lowest BCUT2D eigenvalue weighted by molar-refractivity contribution is -0.118. The van der Waals surface area contributed by atoms with E-state index in [9.17, 15) is 4.79 Å². The Kier molecular flexibility index (Phi) is 2.60. The highest BCUT2D eigenvalue weighted by molar-refractivity contribution is 8.03. The Balaban J connectivity index is 2.50. The van der Waals surface area contributed by atoms with E-state index < -0.39 is 0 Å². The second kappa shape index (κ2) is 3.30. The minimum atomic E-state index is 0.0186. The Morgan fingerprint density at radius 1 is 1.64 bits per heavy atom. The summed E-state index contributed by atoms with van der Waals surface area (Å²) in [6, 6.07) is 0. The predicted octanol–water partition coefficient (Wildman–Crippen LogP) is 1.74. The first-order valence-electron chi connectivity index (χ1n) is 3.75. The lowest BCUT2D eigenvalue weighted by atomic mass is 10.1. The monoisotopic (exact) mass is 171 g/mol. The molecule has 0 saturated heterocycles. The van der Waals surface area contributed by atoms with Gasteiger partial charge in [-0.3, -0.25) is 4.79 Å². The molecule has 0 fully saturated rings. The largest absolute Gasteiger partial charge is 0.321 e. The molecule has 0 aliphatic carbocycles. The van der Waals surface area contributed by atoms with Crippen molar-refractivity contribution < 1.29 is 4.79 Å². The van der Waals surface area contributed by atoms with Gasteiger partial charge in [-0.25, -0.2) is 0 Å². The summed E-state index contributed by atoms with van der Waals surface area (Å²) >= 11 is 1.73. The second-order valence-electron chi connectivity index (χ2n) is 2.89. The van der Waals surface area contributed by atoms with Crippen molar-refractivity contribution in [1.29, 1.82) is 0 Å². The van der Waals surface area contributed by atoms with Crippen LogP contribution in [0.4, 0.5) is 0 Å². The van der Waals surface area contributed by atoms with Crippen LogP contribution in [0, 0.1) is 5.92 Å². The van der Waals surface area contributed by atoms with Gasteiger partial charge < -0.3 is 5.32 Å². The molecule has 0 spiro atoms. The van der Waals surface area contributed by atoms with Gasteiger partial charge >= 0.3 is 0 Å². The van der Waals surface area contributed by atoms with E-state index >= 15 is 0 Å². The highest BCUT2D eigenvalue weighted by atomic mass is 32.2. The number of thioether (sulfide) groups is 1. The Bertz CT molecular complexity index is 200. The summed E-state index contributed by atoms with van der Waals surface area (Å²) < 4.78 is 0. The molecule has 1 amide bonds. The smallest absolute Gasteiger partial charge is 0.221 e. The molecule has 1 N–H and O–H groups in total. The van der Waals surface area contributed by atoms with Gasteiger partial charge in [0.05, 0.1) is 5.03 Å². The summed E-state index contributed by atoms with van der Waals surface area (Å²) in [6.45, 7) is 5.86. The fourth-order valence-electron chi connectivity index (χ4n) is 0.966. The van der Waals surface area contributed by atoms with Gasteiger partial charge in [-0.2, -0.15) is 0 Å². The molecule has 1 aliphatic heterocycles. The Labute approximate surface area is 71.4 Å². The number of rotatable bonds is 1. The number of carbonyl (C=O) groups excluding carboxylic acids is 1. The Hall–Kier alpha value is -0.440. The Morgan fingerprint density at radius 3 is 2.64 bits per heavy atom. The van der Waals surface area contributed by atoms with Crippen molar-refractivity contribution >= 4 is 17.7 Å². The van der Waals surface area contributed by atoms with E-state index in [0.717, 1.165) is 5.03 Å². The maximum Gasteiger partial charge on any atom is 0.221 e. The summed E-state index contributed by atoms with van der Waals surface area (Å²) in [5.41, 5.74) is 0. The molecule has 0 radical (unpaired) electrons. The maximum absolute atomic E-state index is 10.6. The number of carbonyl (C=O) groups is 1. The minimum Gasteiger partial charge on any atom is -0.321 e. The van der Waals surface area contributed by atoms with Gasteiger partial charge in [-0.15, -0.1) is 11.8 Å². The normalized spacial score (nSPS) is 29.9. The van der Waals surface area contributed by atoms with Crippen LogP contribution in [0.15, 0.2) is 11.1 Å².